The van der Waals surface area contributed by atoms with Gasteiger partial charge in [0, 0.05) is 24.7 Å². The number of benzene rings is 3. The molecule has 0 bridgehead atoms. The number of primary amides is 1. The molecule has 0 aromatic heterocycles. The van der Waals surface area contributed by atoms with Gasteiger partial charge in [0.25, 0.3) is 0 Å². The molecule has 4 N–H and O–H groups in total. The van der Waals surface area contributed by atoms with E-state index in [1.54, 1.807) is 11.8 Å². The summed E-state index contributed by atoms with van der Waals surface area (Å²) in [5, 5.41) is 6.69. The van der Waals surface area contributed by atoms with Crippen molar-refractivity contribution in [2.45, 2.75) is 51.6 Å². The number of nitrogens with one attached hydrogen (secondary N) is 2. The van der Waals surface area contributed by atoms with Gasteiger partial charge < -0.3 is 21.3 Å². The molecule has 2 atom stereocenters. The van der Waals surface area contributed by atoms with Crippen molar-refractivity contribution in [3.8, 4) is 0 Å². The Kier molecular flexibility index (Phi) is 7.29. The highest BCUT2D eigenvalue weighted by molar-refractivity contribution is 5.94. The lowest BCUT2D eigenvalue weighted by Gasteiger charge is -2.35. The molecule has 7 heteroatoms. The van der Waals surface area contributed by atoms with Crippen molar-refractivity contribution in [3.63, 3.8) is 0 Å². The fourth-order valence-corrected chi connectivity index (χ4v) is 5.74. The summed E-state index contributed by atoms with van der Waals surface area (Å²) in [6, 6.07) is 19.6. The molecule has 2 aliphatic rings. The van der Waals surface area contributed by atoms with Gasteiger partial charge in [0.15, 0.2) is 0 Å². The van der Waals surface area contributed by atoms with Gasteiger partial charge >= 0.3 is 0 Å². The maximum Gasteiger partial charge on any atom is 0.248 e. The SMILES string of the molecule is CC(=O)N1CCC(NC(=O)C2Cc3c(C)cc(C(N)=O)cc3CCN2)c2cc(Cc3ccccc3)ccc21. The second-order valence-electron chi connectivity index (χ2n) is 10.3. The zero-order valence-corrected chi connectivity index (χ0v) is 21.9. The molecule has 38 heavy (non-hydrogen) atoms. The summed E-state index contributed by atoms with van der Waals surface area (Å²) in [4.78, 5) is 39.5. The molecule has 2 aliphatic heterocycles. The van der Waals surface area contributed by atoms with E-state index in [-0.39, 0.29) is 17.9 Å². The Bertz CT molecular complexity index is 1390. The van der Waals surface area contributed by atoms with Crippen molar-refractivity contribution in [2.24, 2.45) is 5.73 Å². The van der Waals surface area contributed by atoms with Crippen molar-refractivity contribution in [1.29, 1.82) is 0 Å². The summed E-state index contributed by atoms with van der Waals surface area (Å²) in [7, 11) is 0. The molecule has 0 radical (unpaired) electrons. The topological polar surface area (TPSA) is 105 Å². The highest BCUT2D eigenvalue weighted by Gasteiger charge is 2.31. The van der Waals surface area contributed by atoms with Crippen LogP contribution in [0, 0.1) is 6.92 Å². The third kappa shape index (κ3) is 5.34. The minimum absolute atomic E-state index is 0.000293. The first-order valence-electron chi connectivity index (χ1n) is 13.2. The molecule has 0 spiro atoms. The number of nitrogens with zero attached hydrogens (tertiary/aromatic N) is 1. The average Bonchev–Trinajstić information content (AvgIpc) is 3.12. The van der Waals surface area contributed by atoms with Gasteiger partial charge in [-0.2, -0.15) is 0 Å². The van der Waals surface area contributed by atoms with E-state index in [2.05, 4.69) is 34.9 Å². The average molecular weight is 511 g/mol. The third-order valence-electron chi connectivity index (χ3n) is 7.71. The highest BCUT2D eigenvalue weighted by atomic mass is 16.2. The summed E-state index contributed by atoms with van der Waals surface area (Å²) < 4.78 is 0. The molecule has 0 aliphatic carbocycles. The van der Waals surface area contributed by atoms with Gasteiger partial charge in [-0.25, -0.2) is 0 Å². The number of aryl methyl sites for hydroxylation is 1. The van der Waals surface area contributed by atoms with E-state index in [1.165, 1.54) is 5.56 Å². The fourth-order valence-electron chi connectivity index (χ4n) is 5.74. The molecule has 0 fully saturated rings. The number of nitrogens with two attached hydrogens (primary N) is 1. The van der Waals surface area contributed by atoms with E-state index in [0.29, 0.717) is 31.5 Å². The van der Waals surface area contributed by atoms with Gasteiger partial charge in [0.2, 0.25) is 17.7 Å². The van der Waals surface area contributed by atoms with Crippen LogP contribution >= 0.6 is 0 Å². The van der Waals surface area contributed by atoms with E-state index < -0.39 is 11.9 Å². The molecule has 0 saturated carbocycles. The quantitative estimate of drug-likeness (QED) is 0.490. The molecule has 196 valence electrons. The van der Waals surface area contributed by atoms with Crippen LogP contribution in [-0.2, 0) is 28.9 Å². The Labute approximate surface area is 223 Å². The number of carbonyl (C=O) groups excluding carboxylic acids is 3. The third-order valence-corrected chi connectivity index (χ3v) is 7.71. The zero-order valence-electron chi connectivity index (χ0n) is 21.9. The number of hydrogen-bond acceptors (Lipinski definition) is 4. The van der Waals surface area contributed by atoms with Crippen LogP contribution in [0.2, 0.25) is 0 Å². The normalized spacial score (nSPS) is 18.6. The number of carbonyl (C=O) groups is 3. The molecule has 2 unspecified atom stereocenters. The van der Waals surface area contributed by atoms with E-state index in [9.17, 15) is 14.4 Å². The van der Waals surface area contributed by atoms with E-state index in [4.69, 9.17) is 5.73 Å². The summed E-state index contributed by atoms with van der Waals surface area (Å²) in [5.74, 6) is -0.499. The summed E-state index contributed by atoms with van der Waals surface area (Å²) in [6.07, 6.45) is 2.70. The Morgan fingerprint density at radius 3 is 2.58 bits per heavy atom. The van der Waals surface area contributed by atoms with Crippen molar-refractivity contribution < 1.29 is 14.4 Å². The first-order valence-corrected chi connectivity index (χ1v) is 13.2. The number of amides is 3. The predicted molar refractivity (Wildman–Crippen MR) is 148 cm³/mol. The first kappa shape index (κ1) is 25.7. The lowest BCUT2D eigenvalue weighted by Crippen LogP contribution is -2.48. The lowest BCUT2D eigenvalue weighted by atomic mass is 9.91. The summed E-state index contributed by atoms with van der Waals surface area (Å²) >= 11 is 0. The van der Waals surface area contributed by atoms with Crippen molar-refractivity contribution in [3.05, 3.63) is 99.6 Å². The summed E-state index contributed by atoms with van der Waals surface area (Å²) in [5.41, 5.74) is 13.3. The molecule has 2 heterocycles. The fraction of sp³-hybridized carbons (Fsp3) is 0.323. The molecule has 3 amide bonds. The van der Waals surface area contributed by atoms with Crippen LogP contribution in [0.25, 0.3) is 0 Å². The second-order valence-corrected chi connectivity index (χ2v) is 10.3. The van der Waals surface area contributed by atoms with Crippen LogP contribution in [0.3, 0.4) is 0 Å². The van der Waals surface area contributed by atoms with E-state index in [0.717, 1.165) is 46.3 Å². The largest absolute Gasteiger partial charge is 0.366 e. The minimum atomic E-state index is -0.440. The molecular weight excluding hydrogens is 476 g/mol. The van der Waals surface area contributed by atoms with Crippen molar-refractivity contribution in [2.75, 3.05) is 18.0 Å². The Morgan fingerprint density at radius 1 is 1.05 bits per heavy atom. The maximum absolute atomic E-state index is 13.6. The van der Waals surface area contributed by atoms with Crippen LogP contribution in [0.5, 0.6) is 0 Å². The van der Waals surface area contributed by atoms with Gasteiger partial charge in [-0.05, 0) is 90.7 Å². The maximum atomic E-state index is 13.6. The Morgan fingerprint density at radius 2 is 1.84 bits per heavy atom. The van der Waals surface area contributed by atoms with Crippen LogP contribution in [-0.4, -0.2) is 36.9 Å². The Balaban J connectivity index is 1.39. The van der Waals surface area contributed by atoms with Gasteiger partial charge in [-0.15, -0.1) is 0 Å². The van der Waals surface area contributed by atoms with Gasteiger partial charge in [-0.1, -0.05) is 42.5 Å². The van der Waals surface area contributed by atoms with E-state index in [1.807, 2.05) is 43.3 Å². The van der Waals surface area contributed by atoms with Crippen LogP contribution in [0.1, 0.15) is 63.1 Å². The molecule has 3 aromatic carbocycles. The number of anilines is 1. The molecular formula is C31H34N4O3. The monoisotopic (exact) mass is 510 g/mol. The number of fused-ring (bicyclic) bond motifs is 2. The predicted octanol–water partition coefficient (Wildman–Crippen LogP) is 3.36. The van der Waals surface area contributed by atoms with Crippen LogP contribution in [0.15, 0.2) is 60.7 Å². The van der Waals surface area contributed by atoms with Gasteiger partial charge in [0.1, 0.15) is 0 Å². The van der Waals surface area contributed by atoms with Gasteiger partial charge in [0.05, 0.1) is 12.1 Å². The molecule has 0 saturated heterocycles. The minimum Gasteiger partial charge on any atom is -0.366 e. The Hall–Kier alpha value is -3.97. The number of hydrogen-bond donors (Lipinski definition) is 3. The first-order chi connectivity index (χ1) is 18.3. The second kappa shape index (κ2) is 10.8. The number of rotatable bonds is 5. The molecule has 3 aromatic rings. The van der Waals surface area contributed by atoms with Crippen molar-refractivity contribution >= 4 is 23.4 Å². The van der Waals surface area contributed by atoms with Gasteiger partial charge in [-0.3, -0.25) is 14.4 Å². The van der Waals surface area contributed by atoms with Crippen molar-refractivity contribution in [1.82, 2.24) is 10.6 Å². The van der Waals surface area contributed by atoms with E-state index >= 15 is 0 Å². The van der Waals surface area contributed by atoms with Crippen LogP contribution in [0.4, 0.5) is 5.69 Å². The smallest absolute Gasteiger partial charge is 0.248 e. The summed E-state index contributed by atoms with van der Waals surface area (Å²) in [6.45, 7) is 4.74. The molecule has 7 nitrogen and oxygen atoms in total. The standard InChI is InChI=1S/C31H34N4O3/c1-19-14-24(30(32)37)17-23-10-12-33-28(18-25(19)23)31(38)34-27-11-13-35(20(2)36)29-9-8-22(16-26(27)29)15-21-6-4-3-5-7-21/h3-9,14,16-17,27-28,33H,10-13,15,18H2,1-2H3,(H2,32,37)(H,34,38). The zero-order chi connectivity index (χ0) is 26.8. The molecule has 5 rings (SSSR count). The van der Waals surface area contributed by atoms with Crippen LogP contribution < -0.4 is 21.3 Å². The lowest BCUT2D eigenvalue weighted by molar-refractivity contribution is -0.123. The highest BCUT2D eigenvalue weighted by Crippen LogP contribution is 2.35.